The Kier molecular flexibility index (Phi) is 2.58. The van der Waals surface area contributed by atoms with Crippen molar-refractivity contribution in [3.05, 3.63) is 48.0 Å². The van der Waals surface area contributed by atoms with E-state index in [4.69, 9.17) is 0 Å². The lowest BCUT2D eigenvalue weighted by Gasteiger charge is -2.34. The first-order valence-corrected chi connectivity index (χ1v) is 5.22. The smallest absolute Gasteiger partial charge is 0.246 e. The maximum absolute atomic E-state index is 11.6. The Hall–Kier alpha value is -1.57. The fourth-order valence-corrected chi connectivity index (χ4v) is 2.09. The van der Waals surface area contributed by atoms with Crippen molar-refractivity contribution in [2.45, 2.75) is 25.9 Å². The zero-order chi connectivity index (χ0) is 10.8. The predicted octanol–water partition coefficient (Wildman–Crippen LogP) is 2.15. The molecule has 0 N–H and O–H groups in total. The molecule has 1 aromatic rings. The zero-order valence-corrected chi connectivity index (χ0v) is 8.94. The zero-order valence-electron chi connectivity index (χ0n) is 8.94. The molecule has 1 aromatic carbocycles. The third-order valence-electron chi connectivity index (χ3n) is 2.96. The normalized spacial score (nSPS) is 19.5. The Morgan fingerprint density at radius 2 is 2.13 bits per heavy atom. The monoisotopic (exact) mass is 201 g/mol. The number of nitrogens with zero attached hydrogens (tertiary/aromatic N) is 1. The molecule has 1 heterocycles. The van der Waals surface area contributed by atoms with Gasteiger partial charge in [-0.2, -0.15) is 0 Å². The van der Waals surface area contributed by atoms with Gasteiger partial charge in [0, 0.05) is 12.6 Å². The minimum Gasteiger partial charge on any atom is -0.332 e. The molecule has 1 aliphatic rings. The van der Waals surface area contributed by atoms with Gasteiger partial charge in [-0.05, 0) is 30.5 Å². The van der Waals surface area contributed by atoms with Crippen molar-refractivity contribution in [1.82, 2.24) is 4.90 Å². The summed E-state index contributed by atoms with van der Waals surface area (Å²) in [6.45, 7) is 6.33. The molecule has 1 aliphatic heterocycles. The third-order valence-corrected chi connectivity index (χ3v) is 2.96. The summed E-state index contributed by atoms with van der Waals surface area (Å²) in [5.74, 6) is 0.0250. The van der Waals surface area contributed by atoms with Gasteiger partial charge in [0.25, 0.3) is 0 Å². The van der Waals surface area contributed by atoms with E-state index in [-0.39, 0.29) is 11.9 Å². The average Bonchev–Trinajstić information content (AvgIpc) is 2.27. The summed E-state index contributed by atoms with van der Waals surface area (Å²) >= 11 is 0. The standard InChI is InChI=1S/C13H15NO/c1-3-13(15)14-9-12-7-5-4-6-11(12)8-10(14)2/h3-7,10H,1,8-9H2,2H3. The Morgan fingerprint density at radius 1 is 1.47 bits per heavy atom. The molecule has 2 nitrogen and oxygen atoms in total. The molecule has 0 aliphatic carbocycles. The molecule has 0 saturated carbocycles. The topological polar surface area (TPSA) is 20.3 Å². The minimum atomic E-state index is 0.0250. The van der Waals surface area contributed by atoms with Crippen LogP contribution in [0.3, 0.4) is 0 Å². The lowest BCUT2D eigenvalue weighted by atomic mass is 9.95. The first kappa shape index (κ1) is 9.97. The maximum atomic E-state index is 11.6. The van der Waals surface area contributed by atoms with E-state index >= 15 is 0 Å². The second-order valence-corrected chi connectivity index (χ2v) is 3.99. The minimum absolute atomic E-state index is 0.0250. The Morgan fingerprint density at radius 3 is 2.80 bits per heavy atom. The molecule has 15 heavy (non-hydrogen) atoms. The molecule has 2 heteroatoms. The summed E-state index contributed by atoms with van der Waals surface area (Å²) in [4.78, 5) is 13.5. The predicted molar refractivity (Wildman–Crippen MR) is 60.4 cm³/mol. The van der Waals surface area contributed by atoms with E-state index in [1.165, 1.54) is 17.2 Å². The van der Waals surface area contributed by atoms with E-state index in [0.717, 1.165) is 6.42 Å². The van der Waals surface area contributed by atoms with Gasteiger partial charge in [0.2, 0.25) is 5.91 Å². The van der Waals surface area contributed by atoms with Gasteiger partial charge in [-0.1, -0.05) is 30.8 Å². The van der Waals surface area contributed by atoms with Gasteiger partial charge in [0.1, 0.15) is 0 Å². The number of fused-ring (bicyclic) bond motifs is 1. The van der Waals surface area contributed by atoms with Crippen molar-refractivity contribution in [3.63, 3.8) is 0 Å². The largest absolute Gasteiger partial charge is 0.332 e. The fraction of sp³-hybridized carbons (Fsp3) is 0.308. The summed E-state index contributed by atoms with van der Waals surface area (Å²) < 4.78 is 0. The second kappa shape index (κ2) is 3.89. The van der Waals surface area contributed by atoms with Crippen LogP contribution in [0.5, 0.6) is 0 Å². The fourth-order valence-electron chi connectivity index (χ4n) is 2.09. The lowest BCUT2D eigenvalue weighted by molar-refractivity contribution is -0.129. The van der Waals surface area contributed by atoms with Crippen molar-refractivity contribution in [2.24, 2.45) is 0 Å². The molecule has 0 bridgehead atoms. The van der Waals surface area contributed by atoms with E-state index in [1.807, 2.05) is 11.0 Å². The second-order valence-electron chi connectivity index (χ2n) is 3.99. The van der Waals surface area contributed by atoms with Crippen molar-refractivity contribution in [1.29, 1.82) is 0 Å². The van der Waals surface area contributed by atoms with Gasteiger partial charge in [-0.15, -0.1) is 0 Å². The van der Waals surface area contributed by atoms with Gasteiger partial charge in [-0.25, -0.2) is 0 Å². The summed E-state index contributed by atoms with van der Waals surface area (Å²) in [6.07, 6.45) is 2.33. The molecule has 78 valence electrons. The Labute approximate surface area is 90.2 Å². The van der Waals surface area contributed by atoms with Gasteiger partial charge in [0.15, 0.2) is 0 Å². The van der Waals surface area contributed by atoms with E-state index < -0.39 is 0 Å². The highest BCUT2D eigenvalue weighted by atomic mass is 16.2. The van der Waals surface area contributed by atoms with Gasteiger partial charge >= 0.3 is 0 Å². The summed E-state index contributed by atoms with van der Waals surface area (Å²) in [6, 6.07) is 8.57. The van der Waals surface area contributed by atoms with Crippen LogP contribution in [0.15, 0.2) is 36.9 Å². The third kappa shape index (κ3) is 1.80. The summed E-state index contributed by atoms with van der Waals surface area (Å²) in [7, 11) is 0. The van der Waals surface area contributed by atoms with Crippen molar-refractivity contribution >= 4 is 5.91 Å². The molecular formula is C13H15NO. The molecule has 0 fully saturated rings. The van der Waals surface area contributed by atoms with E-state index in [2.05, 4.69) is 31.7 Å². The van der Waals surface area contributed by atoms with E-state index in [0.29, 0.717) is 6.54 Å². The van der Waals surface area contributed by atoms with Crippen molar-refractivity contribution in [2.75, 3.05) is 0 Å². The van der Waals surface area contributed by atoms with Crippen LogP contribution in [-0.2, 0) is 17.8 Å². The van der Waals surface area contributed by atoms with Crippen LogP contribution in [0.1, 0.15) is 18.1 Å². The Bertz CT molecular complexity index is 397. The summed E-state index contributed by atoms with van der Waals surface area (Å²) in [5.41, 5.74) is 2.61. The maximum Gasteiger partial charge on any atom is 0.246 e. The van der Waals surface area contributed by atoms with Crippen molar-refractivity contribution in [3.8, 4) is 0 Å². The van der Waals surface area contributed by atoms with Crippen LogP contribution >= 0.6 is 0 Å². The number of benzene rings is 1. The van der Waals surface area contributed by atoms with Crippen LogP contribution < -0.4 is 0 Å². The van der Waals surface area contributed by atoms with Crippen LogP contribution in [0.2, 0.25) is 0 Å². The van der Waals surface area contributed by atoms with Gasteiger partial charge < -0.3 is 4.90 Å². The van der Waals surface area contributed by atoms with Crippen LogP contribution in [-0.4, -0.2) is 16.8 Å². The van der Waals surface area contributed by atoms with Gasteiger partial charge in [-0.3, -0.25) is 4.79 Å². The highest BCUT2D eigenvalue weighted by Crippen LogP contribution is 2.22. The molecule has 1 unspecified atom stereocenters. The highest BCUT2D eigenvalue weighted by Gasteiger charge is 2.24. The summed E-state index contributed by atoms with van der Waals surface area (Å²) in [5, 5.41) is 0. The number of hydrogen-bond donors (Lipinski definition) is 0. The SMILES string of the molecule is C=CC(=O)N1Cc2ccccc2CC1C. The number of hydrogen-bond acceptors (Lipinski definition) is 1. The Balaban J connectivity index is 2.29. The number of rotatable bonds is 1. The van der Waals surface area contributed by atoms with Crippen LogP contribution in [0.25, 0.3) is 0 Å². The molecule has 1 atom stereocenters. The molecular weight excluding hydrogens is 186 g/mol. The highest BCUT2D eigenvalue weighted by molar-refractivity contribution is 5.87. The molecule has 2 rings (SSSR count). The van der Waals surface area contributed by atoms with Crippen LogP contribution in [0, 0.1) is 0 Å². The average molecular weight is 201 g/mol. The molecule has 0 spiro atoms. The lowest BCUT2D eigenvalue weighted by Crippen LogP contribution is -2.41. The van der Waals surface area contributed by atoms with Crippen molar-refractivity contribution < 1.29 is 4.79 Å². The van der Waals surface area contributed by atoms with E-state index in [9.17, 15) is 4.79 Å². The molecule has 0 saturated heterocycles. The first-order chi connectivity index (χ1) is 7.22. The first-order valence-electron chi connectivity index (χ1n) is 5.22. The number of carbonyl (C=O) groups is 1. The molecule has 0 aromatic heterocycles. The van der Waals surface area contributed by atoms with Crippen LogP contribution in [0.4, 0.5) is 0 Å². The number of amides is 1. The van der Waals surface area contributed by atoms with Gasteiger partial charge in [0.05, 0.1) is 0 Å². The van der Waals surface area contributed by atoms with E-state index in [1.54, 1.807) is 0 Å². The molecule has 1 amide bonds. The number of carbonyl (C=O) groups excluding carboxylic acids is 1. The molecule has 0 radical (unpaired) electrons. The quantitative estimate of drug-likeness (QED) is 0.637.